The van der Waals surface area contributed by atoms with E-state index in [1.165, 1.54) is 0 Å². The van der Waals surface area contributed by atoms with E-state index in [1.54, 1.807) is 29.2 Å². The fraction of sp³-hybridized carbons (Fsp3) is 0.579. The summed E-state index contributed by atoms with van der Waals surface area (Å²) in [4.78, 5) is 14.3. The predicted octanol–water partition coefficient (Wildman–Crippen LogP) is 1.73. The third kappa shape index (κ3) is 4.43. The Balaban J connectivity index is 1.47. The molecule has 1 aromatic rings. The average molecular weight is 375 g/mol. The lowest BCUT2D eigenvalue weighted by Crippen LogP contribution is -2.43. The maximum absolute atomic E-state index is 12.5. The number of rotatable bonds is 6. The Morgan fingerprint density at radius 1 is 1.23 bits per heavy atom. The van der Waals surface area contributed by atoms with Gasteiger partial charge in [-0.15, -0.1) is 0 Å². The van der Waals surface area contributed by atoms with Gasteiger partial charge in [-0.2, -0.15) is 5.26 Å². The minimum Gasteiger partial charge on any atom is -0.326 e. The highest BCUT2D eigenvalue weighted by molar-refractivity contribution is 7.91. The molecular weight excluding hydrogens is 350 g/mol. The molecule has 3 rings (SSSR count). The standard InChI is InChI=1S/C19H25N3O3S/c20-12-17-5-4-10-22(17)19(23)13-21-16-9-8-15(11-16)14-26(24,25)18-6-2-1-3-7-18/h1-3,6-7,15-17,21H,4-5,8-11,13-14H2/t15?,16?,17-/m0/s1. The molecule has 1 amide bonds. The molecule has 0 aromatic heterocycles. The van der Waals surface area contributed by atoms with Crippen molar-refractivity contribution in [2.24, 2.45) is 5.92 Å². The zero-order valence-electron chi connectivity index (χ0n) is 14.8. The number of amides is 1. The van der Waals surface area contributed by atoms with Gasteiger partial charge < -0.3 is 10.2 Å². The highest BCUT2D eigenvalue weighted by atomic mass is 32.2. The summed E-state index contributed by atoms with van der Waals surface area (Å²) in [5.74, 6) is 0.243. The van der Waals surface area contributed by atoms with Gasteiger partial charge in [-0.25, -0.2) is 8.42 Å². The van der Waals surface area contributed by atoms with Crippen LogP contribution < -0.4 is 5.32 Å². The van der Waals surface area contributed by atoms with Crippen LogP contribution in [0.25, 0.3) is 0 Å². The zero-order valence-corrected chi connectivity index (χ0v) is 15.6. The molecule has 7 heteroatoms. The lowest BCUT2D eigenvalue weighted by molar-refractivity contribution is -0.130. The van der Waals surface area contributed by atoms with Gasteiger partial charge in [-0.1, -0.05) is 18.2 Å². The number of sulfone groups is 1. The smallest absolute Gasteiger partial charge is 0.237 e. The topological polar surface area (TPSA) is 90.3 Å². The third-order valence-electron chi connectivity index (χ3n) is 5.36. The number of nitrogens with zero attached hydrogens (tertiary/aromatic N) is 2. The van der Waals surface area contributed by atoms with E-state index in [4.69, 9.17) is 5.26 Å². The quantitative estimate of drug-likeness (QED) is 0.818. The van der Waals surface area contributed by atoms with Crippen molar-refractivity contribution in [2.45, 2.75) is 49.1 Å². The van der Waals surface area contributed by atoms with Gasteiger partial charge >= 0.3 is 0 Å². The number of nitrogens with one attached hydrogen (secondary N) is 1. The Morgan fingerprint density at radius 3 is 2.73 bits per heavy atom. The van der Waals surface area contributed by atoms with Crippen LogP contribution >= 0.6 is 0 Å². The number of nitriles is 1. The highest BCUT2D eigenvalue weighted by Crippen LogP contribution is 2.28. The first-order valence-electron chi connectivity index (χ1n) is 9.20. The van der Waals surface area contributed by atoms with Crippen molar-refractivity contribution in [2.75, 3.05) is 18.8 Å². The van der Waals surface area contributed by atoms with Crippen molar-refractivity contribution in [3.63, 3.8) is 0 Å². The molecule has 26 heavy (non-hydrogen) atoms. The van der Waals surface area contributed by atoms with E-state index in [-0.39, 0.29) is 36.2 Å². The monoisotopic (exact) mass is 375 g/mol. The number of likely N-dealkylation sites (tertiary alicyclic amines) is 1. The van der Waals surface area contributed by atoms with Crippen LogP contribution in [-0.2, 0) is 14.6 Å². The summed E-state index contributed by atoms with van der Waals surface area (Å²) in [6.45, 7) is 0.877. The molecule has 1 saturated heterocycles. The van der Waals surface area contributed by atoms with E-state index in [0.717, 1.165) is 32.1 Å². The van der Waals surface area contributed by atoms with Crippen molar-refractivity contribution in [3.05, 3.63) is 30.3 Å². The molecule has 140 valence electrons. The first-order valence-corrected chi connectivity index (χ1v) is 10.8. The molecule has 0 radical (unpaired) electrons. The molecule has 2 fully saturated rings. The van der Waals surface area contributed by atoms with Gasteiger partial charge in [0.15, 0.2) is 9.84 Å². The maximum Gasteiger partial charge on any atom is 0.237 e. The second kappa shape index (κ2) is 8.19. The average Bonchev–Trinajstić information content (AvgIpc) is 3.29. The van der Waals surface area contributed by atoms with Crippen molar-refractivity contribution in [3.8, 4) is 6.07 Å². The van der Waals surface area contributed by atoms with E-state index in [9.17, 15) is 13.2 Å². The Labute approximate surface area is 155 Å². The molecule has 3 atom stereocenters. The predicted molar refractivity (Wildman–Crippen MR) is 98.0 cm³/mol. The second-order valence-corrected chi connectivity index (χ2v) is 9.26. The molecule has 1 heterocycles. The van der Waals surface area contributed by atoms with Crippen LogP contribution in [-0.4, -0.2) is 50.2 Å². The van der Waals surface area contributed by atoms with Gasteiger partial charge in [-0.05, 0) is 50.2 Å². The molecule has 1 aromatic carbocycles. The molecule has 6 nitrogen and oxygen atoms in total. The van der Waals surface area contributed by atoms with Crippen LogP contribution in [0.4, 0.5) is 0 Å². The molecule has 1 aliphatic carbocycles. The zero-order chi connectivity index (χ0) is 18.6. The van der Waals surface area contributed by atoms with Gasteiger partial charge in [0, 0.05) is 12.6 Å². The van der Waals surface area contributed by atoms with Crippen LogP contribution in [0.2, 0.25) is 0 Å². The number of hydrogen-bond donors (Lipinski definition) is 1. The van der Waals surface area contributed by atoms with Crippen LogP contribution in [0, 0.1) is 17.2 Å². The van der Waals surface area contributed by atoms with Crippen LogP contribution in [0.1, 0.15) is 32.1 Å². The molecule has 0 bridgehead atoms. The Morgan fingerprint density at radius 2 is 2.00 bits per heavy atom. The van der Waals surface area contributed by atoms with E-state index in [2.05, 4.69) is 11.4 Å². The van der Waals surface area contributed by atoms with Crippen LogP contribution in [0.3, 0.4) is 0 Å². The largest absolute Gasteiger partial charge is 0.326 e. The summed E-state index contributed by atoms with van der Waals surface area (Å²) in [6, 6.07) is 10.6. The van der Waals surface area contributed by atoms with E-state index < -0.39 is 9.84 Å². The molecule has 2 unspecified atom stereocenters. The summed E-state index contributed by atoms with van der Waals surface area (Å²) < 4.78 is 25.0. The maximum atomic E-state index is 12.5. The van der Waals surface area contributed by atoms with Gasteiger partial charge in [0.2, 0.25) is 5.91 Å². The fourth-order valence-electron chi connectivity index (χ4n) is 3.98. The Bertz CT molecular complexity index is 773. The minimum absolute atomic E-state index is 0.0330. The molecule has 1 saturated carbocycles. The van der Waals surface area contributed by atoms with Crippen molar-refractivity contribution in [1.29, 1.82) is 5.26 Å². The van der Waals surface area contributed by atoms with E-state index in [0.29, 0.717) is 11.4 Å². The van der Waals surface area contributed by atoms with Gasteiger partial charge in [0.1, 0.15) is 6.04 Å². The Kier molecular flexibility index (Phi) is 5.94. The SMILES string of the molecule is N#C[C@@H]1CCCN1C(=O)CNC1CCC(CS(=O)(=O)c2ccccc2)C1. The van der Waals surface area contributed by atoms with Crippen molar-refractivity contribution >= 4 is 15.7 Å². The summed E-state index contributed by atoms with van der Waals surface area (Å²) in [5, 5.41) is 12.3. The third-order valence-corrected chi connectivity index (χ3v) is 7.26. The lowest BCUT2D eigenvalue weighted by Gasteiger charge is -2.21. The number of hydrogen-bond acceptors (Lipinski definition) is 5. The highest BCUT2D eigenvalue weighted by Gasteiger charge is 2.31. The number of benzene rings is 1. The summed E-state index contributed by atoms with van der Waals surface area (Å²) in [7, 11) is -3.26. The molecule has 2 aliphatic rings. The minimum atomic E-state index is -3.26. The fourth-order valence-corrected chi connectivity index (χ4v) is 5.67. The molecule has 1 aliphatic heterocycles. The molecule has 0 spiro atoms. The molecule has 1 N–H and O–H groups in total. The summed E-state index contributed by atoms with van der Waals surface area (Å²) in [6.07, 6.45) is 4.13. The van der Waals surface area contributed by atoms with Gasteiger partial charge in [0.05, 0.1) is 23.3 Å². The lowest BCUT2D eigenvalue weighted by atomic mass is 10.1. The van der Waals surface area contributed by atoms with Gasteiger partial charge in [0.25, 0.3) is 0 Å². The van der Waals surface area contributed by atoms with Crippen LogP contribution in [0.15, 0.2) is 35.2 Å². The van der Waals surface area contributed by atoms with Crippen LogP contribution in [0.5, 0.6) is 0 Å². The number of carbonyl (C=O) groups is 1. The summed E-state index contributed by atoms with van der Waals surface area (Å²) in [5.41, 5.74) is 0. The van der Waals surface area contributed by atoms with Crippen molar-refractivity contribution < 1.29 is 13.2 Å². The first-order chi connectivity index (χ1) is 12.5. The molecular formula is C19H25N3O3S. The van der Waals surface area contributed by atoms with E-state index in [1.807, 2.05) is 6.07 Å². The van der Waals surface area contributed by atoms with Gasteiger partial charge in [-0.3, -0.25) is 4.79 Å². The van der Waals surface area contributed by atoms with E-state index >= 15 is 0 Å². The first kappa shape index (κ1) is 18.9. The van der Waals surface area contributed by atoms with Crippen molar-refractivity contribution in [1.82, 2.24) is 10.2 Å². The Hall–Kier alpha value is -1.91. The number of carbonyl (C=O) groups excluding carboxylic acids is 1. The summed E-state index contributed by atoms with van der Waals surface area (Å²) >= 11 is 0. The normalized spacial score (nSPS) is 26.0. The second-order valence-electron chi connectivity index (χ2n) is 7.23.